The molecule has 0 aliphatic carbocycles. The smallest absolute Gasteiger partial charge is 0.142 e. The molecule has 0 bridgehead atoms. The van der Waals surface area contributed by atoms with Gasteiger partial charge in [0.2, 0.25) is 0 Å². The molecule has 0 saturated heterocycles. The molecule has 0 aliphatic heterocycles. The summed E-state index contributed by atoms with van der Waals surface area (Å²) < 4.78 is 15.1. The van der Waals surface area contributed by atoms with Crippen LogP contribution in [-0.2, 0) is 4.79 Å². The predicted octanol–water partition coefficient (Wildman–Crippen LogP) is 2.22. The van der Waals surface area contributed by atoms with Crippen molar-refractivity contribution in [2.75, 3.05) is 0 Å². The number of carbonyl (C=O) groups excluding carboxylic acids is 1. The van der Waals surface area contributed by atoms with Crippen molar-refractivity contribution in [3.63, 3.8) is 0 Å². The van der Waals surface area contributed by atoms with Gasteiger partial charge in [0.1, 0.15) is 12.1 Å². The van der Waals surface area contributed by atoms with Gasteiger partial charge in [0.25, 0.3) is 0 Å². The van der Waals surface area contributed by atoms with Crippen molar-refractivity contribution in [3.05, 3.63) is 54.1 Å². The van der Waals surface area contributed by atoms with Crippen molar-refractivity contribution in [2.24, 2.45) is 0 Å². The van der Waals surface area contributed by atoms with Crippen LogP contribution in [-0.4, -0.2) is 16.1 Å². The molecule has 2 rings (SSSR count). The summed E-state index contributed by atoms with van der Waals surface area (Å²) in [6.07, 6.45) is 6.65. The van der Waals surface area contributed by atoms with Gasteiger partial charge in [-0.1, -0.05) is 0 Å². The maximum atomic E-state index is 13.6. The Kier molecular flexibility index (Phi) is 2.91. The molecule has 80 valence electrons. The van der Waals surface area contributed by atoms with Gasteiger partial charge in [-0.3, -0.25) is 4.79 Å². The number of hydrogen-bond acceptors (Lipinski definition) is 2. The molecule has 3 nitrogen and oxygen atoms in total. The summed E-state index contributed by atoms with van der Waals surface area (Å²) in [5, 5.41) is 4.00. The van der Waals surface area contributed by atoms with Crippen molar-refractivity contribution < 1.29 is 9.18 Å². The van der Waals surface area contributed by atoms with Gasteiger partial charge in [-0.15, -0.1) is 0 Å². The van der Waals surface area contributed by atoms with Crippen LogP contribution in [0.15, 0.2) is 42.7 Å². The molecule has 0 spiro atoms. The minimum absolute atomic E-state index is 0.378. The van der Waals surface area contributed by atoms with Crippen molar-refractivity contribution in [1.29, 1.82) is 0 Å². The first-order valence-corrected chi connectivity index (χ1v) is 4.72. The number of hydrogen-bond donors (Lipinski definition) is 0. The summed E-state index contributed by atoms with van der Waals surface area (Å²) in [5.41, 5.74) is 1.02. The summed E-state index contributed by atoms with van der Waals surface area (Å²) >= 11 is 0. The van der Waals surface area contributed by atoms with E-state index in [9.17, 15) is 9.18 Å². The first kappa shape index (κ1) is 10.3. The number of aromatic nitrogens is 2. The Hall–Kier alpha value is -2.23. The van der Waals surface area contributed by atoms with Crippen LogP contribution in [0.1, 0.15) is 5.56 Å². The molecule has 0 fully saturated rings. The molecule has 1 heterocycles. The number of benzene rings is 1. The number of nitrogens with zero attached hydrogens (tertiary/aromatic N) is 2. The highest BCUT2D eigenvalue weighted by Crippen LogP contribution is 2.14. The summed E-state index contributed by atoms with van der Waals surface area (Å²) in [6, 6.07) is 6.47. The number of halogens is 1. The van der Waals surface area contributed by atoms with E-state index in [1.165, 1.54) is 18.2 Å². The van der Waals surface area contributed by atoms with Crippen LogP contribution in [0.2, 0.25) is 0 Å². The van der Waals surface area contributed by atoms with Crippen molar-refractivity contribution in [3.8, 4) is 5.69 Å². The Labute approximate surface area is 91.8 Å². The number of aldehydes is 1. The van der Waals surface area contributed by atoms with Crippen molar-refractivity contribution in [2.45, 2.75) is 0 Å². The first-order valence-electron chi connectivity index (χ1n) is 4.72. The van der Waals surface area contributed by atoms with E-state index >= 15 is 0 Å². The lowest BCUT2D eigenvalue weighted by molar-refractivity contribution is -0.104. The third-order valence-electron chi connectivity index (χ3n) is 2.11. The fourth-order valence-corrected chi connectivity index (χ4v) is 1.36. The Morgan fingerprint density at radius 3 is 2.88 bits per heavy atom. The maximum absolute atomic E-state index is 13.6. The number of rotatable bonds is 3. The highest BCUT2D eigenvalue weighted by molar-refractivity contribution is 5.74. The van der Waals surface area contributed by atoms with Crippen LogP contribution in [0.3, 0.4) is 0 Å². The van der Waals surface area contributed by atoms with Crippen LogP contribution in [0.25, 0.3) is 11.8 Å². The summed E-state index contributed by atoms with van der Waals surface area (Å²) in [5.74, 6) is -0.383. The third-order valence-corrected chi connectivity index (χ3v) is 2.11. The van der Waals surface area contributed by atoms with Gasteiger partial charge in [-0.2, -0.15) is 5.10 Å². The van der Waals surface area contributed by atoms with Gasteiger partial charge in [0, 0.05) is 24.0 Å². The molecule has 16 heavy (non-hydrogen) atoms. The molecule has 0 saturated carbocycles. The second kappa shape index (κ2) is 4.53. The molecule has 0 amide bonds. The second-order valence-corrected chi connectivity index (χ2v) is 3.15. The third kappa shape index (κ3) is 2.06. The van der Waals surface area contributed by atoms with Crippen molar-refractivity contribution >= 4 is 12.4 Å². The fourth-order valence-electron chi connectivity index (χ4n) is 1.36. The Balaban J connectivity index is 2.36. The average Bonchev–Trinajstić information content (AvgIpc) is 2.81. The average molecular weight is 216 g/mol. The van der Waals surface area contributed by atoms with Gasteiger partial charge >= 0.3 is 0 Å². The van der Waals surface area contributed by atoms with Crippen molar-refractivity contribution in [1.82, 2.24) is 9.78 Å². The first-order chi connectivity index (χ1) is 7.81. The Morgan fingerprint density at radius 2 is 2.25 bits per heavy atom. The zero-order valence-corrected chi connectivity index (χ0v) is 8.38. The highest BCUT2D eigenvalue weighted by Gasteiger charge is 2.02. The normalized spacial score (nSPS) is 10.8. The monoisotopic (exact) mass is 216 g/mol. The molecule has 1 aromatic heterocycles. The zero-order chi connectivity index (χ0) is 11.4. The van der Waals surface area contributed by atoms with Gasteiger partial charge in [0.05, 0.1) is 5.69 Å². The van der Waals surface area contributed by atoms with E-state index in [1.807, 2.05) is 0 Å². The molecular formula is C12H9FN2O. The lowest BCUT2D eigenvalue weighted by atomic mass is 10.2. The van der Waals surface area contributed by atoms with E-state index < -0.39 is 0 Å². The molecule has 0 radical (unpaired) electrons. The van der Waals surface area contributed by atoms with Crippen LogP contribution < -0.4 is 0 Å². The maximum Gasteiger partial charge on any atom is 0.142 e. The molecule has 1 aromatic carbocycles. The fraction of sp³-hybridized carbons (Fsp3) is 0. The number of allylic oxidation sites excluding steroid dienone is 1. The van der Waals surface area contributed by atoms with Crippen LogP contribution >= 0.6 is 0 Å². The topological polar surface area (TPSA) is 34.9 Å². The largest absolute Gasteiger partial charge is 0.299 e. The zero-order valence-electron chi connectivity index (χ0n) is 8.38. The van der Waals surface area contributed by atoms with E-state index in [2.05, 4.69) is 5.10 Å². The van der Waals surface area contributed by atoms with Gasteiger partial charge in [0.15, 0.2) is 0 Å². The Morgan fingerprint density at radius 1 is 1.38 bits per heavy atom. The van der Waals surface area contributed by atoms with E-state index in [0.29, 0.717) is 17.5 Å². The van der Waals surface area contributed by atoms with Gasteiger partial charge < -0.3 is 0 Å². The van der Waals surface area contributed by atoms with Crippen LogP contribution in [0, 0.1) is 5.82 Å². The highest BCUT2D eigenvalue weighted by atomic mass is 19.1. The molecule has 0 atom stereocenters. The van der Waals surface area contributed by atoms with E-state index in [4.69, 9.17) is 0 Å². The molecular weight excluding hydrogens is 207 g/mol. The van der Waals surface area contributed by atoms with E-state index in [-0.39, 0.29) is 5.82 Å². The SMILES string of the molecule is O=CC=Cc1ccc(-n2cccn2)cc1F. The van der Waals surface area contributed by atoms with E-state index in [1.54, 1.807) is 35.3 Å². The molecule has 2 aromatic rings. The molecule has 0 unspecified atom stereocenters. The quantitative estimate of drug-likeness (QED) is 0.582. The lowest BCUT2D eigenvalue weighted by Gasteiger charge is -2.02. The molecule has 0 aliphatic rings. The summed E-state index contributed by atoms with van der Waals surface area (Å²) in [7, 11) is 0. The van der Waals surface area contributed by atoms with E-state index in [0.717, 1.165) is 0 Å². The summed E-state index contributed by atoms with van der Waals surface area (Å²) in [6.45, 7) is 0. The van der Waals surface area contributed by atoms with Gasteiger partial charge in [-0.05, 0) is 30.4 Å². The Bertz CT molecular complexity index is 518. The van der Waals surface area contributed by atoms with Gasteiger partial charge in [-0.25, -0.2) is 9.07 Å². The molecule has 4 heteroatoms. The molecule has 0 N–H and O–H groups in total. The predicted molar refractivity (Wildman–Crippen MR) is 58.6 cm³/mol. The lowest BCUT2D eigenvalue weighted by Crippen LogP contribution is -1.95. The second-order valence-electron chi connectivity index (χ2n) is 3.15. The van der Waals surface area contributed by atoms with Crippen LogP contribution in [0.5, 0.6) is 0 Å². The standard InChI is InChI=1S/C12H9FN2O/c13-12-9-11(15-7-2-6-14-15)5-4-10(12)3-1-8-16/h1-9H. The van der Waals surface area contributed by atoms with Crippen LogP contribution in [0.4, 0.5) is 4.39 Å². The minimum Gasteiger partial charge on any atom is -0.299 e. The number of carbonyl (C=O) groups is 1. The minimum atomic E-state index is -0.383. The summed E-state index contributed by atoms with van der Waals surface area (Å²) in [4.78, 5) is 10.1.